The minimum absolute atomic E-state index is 0.210. The SMILES string of the molecule is CCOCc1ccccc1CNC(=O)c1cn([C@@H]2COC[C@H]2O)nn1. The summed E-state index contributed by atoms with van der Waals surface area (Å²) >= 11 is 0. The molecule has 0 unspecified atom stereocenters. The molecule has 0 bridgehead atoms. The second-order valence-electron chi connectivity index (χ2n) is 5.84. The van der Waals surface area contributed by atoms with Crippen molar-refractivity contribution in [2.24, 2.45) is 0 Å². The van der Waals surface area contributed by atoms with Crippen LogP contribution < -0.4 is 5.32 Å². The molecule has 0 aliphatic carbocycles. The summed E-state index contributed by atoms with van der Waals surface area (Å²) in [6.45, 7) is 4.10. The van der Waals surface area contributed by atoms with Crippen molar-refractivity contribution in [1.82, 2.24) is 20.3 Å². The number of ether oxygens (including phenoxy) is 2. The molecule has 2 heterocycles. The van der Waals surface area contributed by atoms with Crippen molar-refractivity contribution in [2.45, 2.75) is 32.2 Å². The van der Waals surface area contributed by atoms with Gasteiger partial charge in [-0.1, -0.05) is 29.5 Å². The van der Waals surface area contributed by atoms with Crippen molar-refractivity contribution in [3.05, 3.63) is 47.3 Å². The second-order valence-corrected chi connectivity index (χ2v) is 5.84. The maximum absolute atomic E-state index is 12.3. The molecule has 2 aromatic rings. The number of aliphatic hydroxyl groups is 1. The molecule has 1 aliphatic heterocycles. The van der Waals surface area contributed by atoms with E-state index in [4.69, 9.17) is 9.47 Å². The van der Waals surface area contributed by atoms with Crippen molar-refractivity contribution < 1.29 is 19.4 Å². The molecule has 2 N–H and O–H groups in total. The van der Waals surface area contributed by atoms with Gasteiger partial charge in [0, 0.05) is 13.2 Å². The molecule has 1 amide bonds. The van der Waals surface area contributed by atoms with E-state index in [-0.39, 0.29) is 24.2 Å². The summed E-state index contributed by atoms with van der Waals surface area (Å²) in [6, 6.07) is 7.50. The molecule has 0 radical (unpaired) electrons. The number of nitrogens with one attached hydrogen (secondary N) is 1. The molecule has 1 aliphatic rings. The van der Waals surface area contributed by atoms with Gasteiger partial charge in [-0.05, 0) is 18.1 Å². The van der Waals surface area contributed by atoms with Crippen molar-refractivity contribution in [2.75, 3.05) is 19.8 Å². The summed E-state index contributed by atoms with van der Waals surface area (Å²) < 4.78 is 12.1. The molecule has 2 atom stereocenters. The number of aliphatic hydroxyl groups excluding tert-OH is 1. The van der Waals surface area contributed by atoms with Crippen LogP contribution in [-0.4, -0.2) is 51.9 Å². The number of amides is 1. The van der Waals surface area contributed by atoms with Gasteiger partial charge in [-0.15, -0.1) is 5.10 Å². The molecule has 134 valence electrons. The Kier molecular flexibility index (Phi) is 5.75. The van der Waals surface area contributed by atoms with Gasteiger partial charge in [0.2, 0.25) is 0 Å². The minimum Gasteiger partial charge on any atom is -0.388 e. The van der Waals surface area contributed by atoms with Gasteiger partial charge in [-0.3, -0.25) is 4.79 Å². The van der Waals surface area contributed by atoms with E-state index in [2.05, 4.69) is 15.6 Å². The van der Waals surface area contributed by atoms with Crippen LogP contribution in [0.15, 0.2) is 30.5 Å². The summed E-state index contributed by atoms with van der Waals surface area (Å²) in [5.41, 5.74) is 2.25. The summed E-state index contributed by atoms with van der Waals surface area (Å²) in [4.78, 5) is 12.3. The molecule has 1 saturated heterocycles. The highest BCUT2D eigenvalue weighted by atomic mass is 16.5. The van der Waals surface area contributed by atoms with E-state index in [1.807, 2.05) is 31.2 Å². The average molecular weight is 346 g/mol. The summed E-state index contributed by atoms with van der Waals surface area (Å²) in [5.74, 6) is -0.314. The van der Waals surface area contributed by atoms with E-state index in [9.17, 15) is 9.90 Å². The molecule has 8 nitrogen and oxygen atoms in total. The van der Waals surface area contributed by atoms with E-state index >= 15 is 0 Å². The standard InChI is InChI=1S/C17H22N4O4/c1-2-24-9-13-6-4-3-5-12(13)7-18-17(23)14-8-21(20-19-14)15-10-25-11-16(15)22/h3-6,8,15-16,22H,2,7,9-11H2,1H3,(H,18,23)/t15-,16-/m1/s1. The highest BCUT2D eigenvalue weighted by molar-refractivity contribution is 5.91. The molecule has 1 aromatic heterocycles. The molecule has 25 heavy (non-hydrogen) atoms. The van der Waals surface area contributed by atoms with Crippen LogP contribution in [0.5, 0.6) is 0 Å². The number of nitrogens with zero attached hydrogens (tertiary/aromatic N) is 3. The zero-order valence-electron chi connectivity index (χ0n) is 14.1. The molecule has 0 saturated carbocycles. The van der Waals surface area contributed by atoms with E-state index in [1.54, 1.807) is 0 Å². The van der Waals surface area contributed by atoms with Crippen LogP contribution in [0.25, 0.3) is 0 Å². The predicted molar refractivity (Wildman–Crippen MR) is 88.8 cm³/mol. The van der Waals surface area contributed by atoms with E-state index in [1.165, 1.54) is 10.9 Å². The van der Waals surface area contributed by atoms with Crippen molar-refractivity contribution >= 4 is 5.91 Å². The highest BCUT2D eigenvalue weighted by Gasteiger charge is 2.29. The number of carbonyl (C=O) groups excluding carboxylic acids is 1. The highest BCUT2D eigenvalue weighted by Crippen LogP contribution is 2.18. The lowest BCUT2D eigenvalue weighted by atomic mass is 10.1. The van der Waals surface area contributed by atoms with E-state index in [0.29, 0.717) is 26.4 Å². The number of hydrogen-bond donors (Lipinski definition) is 2. The van der Waals surface area contributed by atoms with Crippen molar-refractivity contribution in [1.29, 1.82) is 0 Å². The Balaban J connectivity index is 1.61. The van der Waals surface area contributed by atoms with Crippen LogP contribution in [0, 0.1) is 0 Å². The van der Waals surface area contributed by atoms with Gasteiger partial charge < -0.3 is 19.9 Å². The quantitative estimate of drug-likeness (QED) is 0.765. The molecule has 8 heteroatoms. The van der Waals surface area contributed by atoms with Crippen molar-refractivity contribution in [3.63, 3.8) is 0 Å². The number of carbonyl (C=O) groups is 1. The molecule has 1 fully saturated rings. The fraction of sp³-hybridized carbons (Fsp3) is 0.471. The van der Waals surface area contributed by atoms with Crippen LogP contribution in [0.1, 0.15) is 34.6 Å². The second kappa shape index (κ2) is 8.19. The largest absolute Gasteiger partial charge is 0.388 e. The lowest BCUT2D eigenvalue weighted by Crippen LogP contribution is -2.24. The first-order valence-corrected chi connectivity index (χ1v) is 8.29. The zero-order chi connectivity index (χ0) is 17.6. The fourth-order valence-corrected chi connectivity index (χ4v) is 2.68. The van der Waals surface area contributed by atoms with Crippen LogP contribution in [0.3, 0.4) is 0 Å². The topological polar surface area (TPSA) is 98.5 Å². The molecule has 3 rings (SSSR count). The van der Waals surface area contributed by atoms with Gasteiger partial charge in [0.1, 0.15) is 12.1 Å². The van der Waals surface area contributed by atoms with Crippen LogP contribution in [0.2, 0.25) is 0 Å². The van der Waals surface area contributed by atoms with Gasteiger partial charge in [-0.25, -0.2) is 4.68 Å². The summed E-state index contributed by atoms with van der Waals surface area (Å²) in [5, 5.41) is 20.5. The lowest BCUT2D eigenvalue weighted by molar-refractivity contribution is 0.0944. The number of aromatic nitrogens is 3. The fourth-order valence-electron chi connectivity index (χ4n) is 2.68. The summed E-state index contributed by atoms with van der Waals surface area (Å²) in [6.07, 6.45) is 0.896. The third-order valence-electron chi connectivity index (χ3n) is 4.12. The summed E-state index contributed by atoms with van der Waals surface area (Å²) in [7, 11) is 0. The van der Waals surface area contributed by atoms with Crippen molar-refractivity contribution in [3.8, 4) is 0 Å². The molecular weight excluding hydrogens is 324 g/mol. The monoisotopic (exact) mass is 346 g/mol. The first-order valence-electron chi connectivity index (χ1n) is 8.29. The Morgan fingerprint density at radius 2 is 2.20 bits per heavy atom. The Morgan fingerprint density at radius 1 is 1.40 bits per heavy atom. The van der Waals surface area contributed by atoms with Gasteiger partial charge in [-0.2, -0.15) is 0 Å². The van der Waals surface area contributed by atoms with Gasteiger partial charge in [0.15, 0.2) is 5.69 Å². The number of benzene rings is 1. The Morgan fingerprint density at radius 3 is 2.92 bits per heavy atom. The van der Waals surface area contributed by atoms with E-state index < -0.39 is 6.10 Å². The maximum atomic E-state index is 12.3. The van der Waals surface area contributed by atoms with E-state index in [0.717, 1.165) is 11.1 Å². The van der Waals surface area contributed by atoms with Crippen LogP contribution in [-0.2, 0) is 22.6 Å². The Bertz CT molecular complexity index is 718. The zero-order valence-corrected chi connectivity index (χ0v) is 14.1. The third-order valence-corrected chi connectivity index (χ3v) is 4.12. The smallest absolute Gasteiger partial charge is 0.273 e. The molecular formula is C17H22N4O4. The first kappa shape index (κ1) is 17.5. The number of rotatable bonds is 7. The maximum Gasteiger partial charge on any atom is 0.273 e. The van der Waals surface area contributed by atoms with Crippen LogP contribution in [0.4, 0.5) is 0 Å². The van der Waals surface area contributed by atoms with Gasteiger partial charge in [0.25, 0.3) is 5.91 Å². The minimum atomic E-state index is -0.636. The Hall–Kier alpha value is -2.29. The van der Waals surface area contributed by atoms with Gasteiger partial charge in [0.05, 0.1) is 26.0 Å². The lowest BCUT2D eigenvalue weighted by Gasteiger charge is -2.11. The first-order chi connectivity index (χ1) is 12.2. The molecule has 1 aromatic carbocycles. The normalized spacial score (nSPS) is 19.9. The third kappa shape index (κ3) is 4.22. The Labute approximate surface area is 145 Å². The predicted octanol–water partition coefficient (Wildman–Crippen LogP) is 0.677. The van der Waals surface area contributed by atoms with Gasteiger partial charge >= 0.3 is 0 Å². The van der Waals surface area contributed by atoms with Crippen LogP contribution >= 0.6 is 0 Å². The molecule has 0 spiro atoms. The number of hydrogen-bond acceptors (Lipinski definition) is 6. The average Bonchev–Trinajstić information content (AvgIpc) is 3.27.